The second-order valence-corrected chi connectivity index (χ2v) is 5.37. The lowest BCUT2D eigenvalue weighted by atomic mass is 10.2. The monoisotopic (exact) mass is 273 g/mol. The fourth-order valence-corrected chi connectivity index (χ4v) is 2.39. The Hall–Kier alpha value is -1.21. The molecule has 0 amide bonds. The second kappa shape index (κ2) is 7.27. The van der Waals surface area contributed by atoms with Gasteiger partial charge in [-0.2, -0.15) is 0 Å². The first-order valence-electron chi connectivity index (χ1n) is 5.53. The molecule has 18 heavy (non-hydrogen) atoms. The fraction of sp³-hybridized carbons (Fsp3) is 0.636. The summed E-state index contributed by atoms with van der Waals surface area (Å²) < 4.78 is 21.4. The molecule has 2 atom stereocenters. The molecule has 0 aromatic carbocycles. The quantitative estimate of drug-likeness (QED) is 0.773. The highest BCUT2D eigenvalue weighted by Crippen LogP contribution is 2.22. The highest BCUT2D eigenvalue weighted by molar-refractivity contribution is 7.84. The van der Waals surface area contributed by atoms with Crippen LogP contribution in [0.1, 0.15) is 12.5 Å². The van der Waals surface area contributed by atoms with Gasteiger partial charge in [0.2, 0.25) is 11.8 Å². The maximum Gasteiger partial charge on any atom is 0.224 e. The number of ether oxygens (including phenoxy) is 2. The number of hydrogen-bond donors (Lipinski definition) is 1. The van der Waals surface area contributed by atoms with Gasteiger partial charge in [-0.1, -0.05) is 0 Å². The van der Waals surface area contributed by atoms with Gasteiger partial charge in [-0.05, 0) is 6.92 Å². The predicted molar refractivity (Wildman–Crippen MR) is 70.4 cm³/mol. The molecule has 0 radical (unpaired) electrons. The maximum atomic E-state index is 11.1. The van der Waals surface area contributed by atoms with E-state index >= 15 is 0 Å². The predicted octanol–water partition coefficient (Wildman–Crippen LogP) is 0.350. The Labute approximate surface area is 110 Å². The highest BCUT2D eigenvalue weighted by Gasteiger charge is 2.14. The van der Waals surface area contributed by atoms with E-state index in [1.807, 2.05) is 6.92 Å². The molecule has 7 heteroatoms. The van der Waals surface area contributed by atoms with Crippen molar-refractivity contribution in [2.75, 3.05) is 26.2 Å². The molecular formula is C11H19N3O3S. The number of hydrogen-bond acceptors (Lipinski definition) is 6. The lowest BCUT2D eigenvalue weighted by Crippen LogP contribution is -2.30. The van der Waals surface area contributed by atoms with Gasteiger partial charge < -0.3 is 14.8 Å². The highest BCUT2D eigenvalue weighted by atomic mass is 32.2. The standard InChI is InChI=1S/C11H19N3O3S/c1-8(6-18(4)15)12-5-9-10(16-2)13-7-14-11(9)17-3/h7-8,12H,5-6H2,1-4H3. The SMILES string of the molecule is COc1ncnc(OC)c1CNC(C)CS(C)=O. The van der Waals surface area contributed by atoms with E-state index in [4.69, 9.17) is 9.47 Å². The van der Waals surface area contributed by atoms with Gasteiger partial charge in [0.05, 0.1) is 19.8 Å². The van der Waals surface area contributed by atoms with Crippen molar-refractivity contribution in [3.8, 4) is 11.8 Å². The molecule has 0 aliphatic carbocycles. The molecular weight excluding hydrogens is 254 g/mol. The van der Waals surface area contributed by atoms with E-state index in [-0.39, 0.29) is 6.04 Å². The number of methoxy groups -OCH3 is 2. The molecule has 1 heterocycles. The van der Waals surface area contributed by atoms with E-state index in [2.05, 4.69) is 15.3 Å². The minimum atomic E-state index is -0.824. The topological polar surface area (TPSA) is 73.3 Å². The van der Waals surface area contributed by atoms with Gasteiger partial charge in [-0.25, -0.2) is 9.97 Å². The van der Waals surface area contributed by atoms with E-state index in [9.17, 15) is 4.21 Å². The number of nitrogens with one attached hydrogen (secondary N) is 1. The summed E-state index contributed by atoms with van der Waals surface area (Å²) in [5.41, 5.74) is 0.760. The van der Waals surface area contributed by atoms with E-state index in [0.29, 0.717) is 24.1 Å². The average molecular weight is 273 g/mol. The van der Waals surface area contributed by atoms with Crippen molar-refractivity contribution in [2.24, 2.45) is 0 Å². The summed E-state index contributed by atoms with van der Waals surface area (Å²) in [4.78, 5) is 8.06. The smallest absolute Gasteiger partial charge is 0.224 e. The minimum absolute atomic E-state index is 0.130. The summed E-state index contributed by atoms with van der Waals surface area (Å²) in [5, 5.41) is 3.25. The summed E-state index contributed by atoms with van der Waals surface area (Å²) in [6, 6.07) is 0.130. The van der Waals surface area contributed by atoms with Crippen LogP contribution in [0.3, 0.4) is 0 Å². The van der Waals surface area contributed by atoms with Crippen LogP contribution in [0.5, 0.6) is 11.8 Å². The van der Waals surface area contributed by atoms with Crippen LogP contribution in [0.4, 0.5) is 0 Å². The molecule has 1 aromatic rings. The van der Waals surface area contributed by atoms with Crippen molar-refractivity contribution < 1.29 is 13.7 Å². The second-order valence-electron chi connectivity index (χ2n) is 3.89. The molecule has 0 aliphatic heterocycles. The minimum Gasteiger partial charge on any atom is -0.481 e. The van der Waals surface area contributed by atoms with Gasteiger partial charge in [0.1, 0.15) is 6.33 Å². The van der Waals surface area contributed by atoms with Crippen LogP contribution in [0, 0.1) is 0 Å². The molecule has 1 aromatic heterocycles. The fourth-order valence-electron chi connectivity index (χ4n) is 1.57. The summed E-state index contributed by atoms with van der Waals surface area (Å²) >= 11 is 0. The lowest BCUT2D eigenvalue weighted by molar-refractivity contribution is 0.358. The summed E-state index contributed by atoms with van der Waals surface area (Å²) in [6.07, 6.45) is 3.08. The summed E-state index contributed by atoms with van der Waals surface area (Å²) in [7, 11) is 2.28. The first-order chi connectivity index (χ1) is 8.58. The number of aromatic nitrogens is 2. The van der Waals surface area contributed by atoms with Gasteiger partial charge in [0.15, 0.2) is 0 Å². The molecule has 0 saturated heterocycles. The molecule has 1 rings (SSSR count). The van der Waals surface area contributed by atoms with Crippen LogP contribution in [-0.4, -0.2) is 46.4 Å². The molecule has 1 N–H and O–H groups in total. The zero-order valence-electron chi connectivity index (χ0n) is 11.1. The number of rotatable bonds is 7. The maximum absolute atomic E-state index is 11.1. The van der Waals surface area contributed by atoms with Crippen molar-refractivity contribution >= 4 is 10.8 Å². The van der Waals surface area contributed by atoms with Gasteiger partial charge in [-0.3, -0.25) is 4.21 Å². The molecule has 0 fully saturated rings. The Morgan fingerprint density at radius 3 is 2.33 bits per heavy atom. The normalized spacial score (nSPS) is 14.0. The Bertz CT molecular complexity index is 392. The van der Waals surface area contributed by atoms with Crippen molar-refractivity contribution in [1.29, 1.82) is 0 Å². The zero-order chi connectivity index (χ0) is 13.5. The molecule has 6 nitrogen and oxygen atoms in total. The van der Waals surface area contributed by atoms with Gasteiger partial charge in [-0.15, -0.1) is 0 Å². The Balaban J connectivity index is 2.73. The molecule has 102 valence electrons. The van der Waals surface area contributed by atoms with E-state index < -0.39 is 10.8 Å². The van der Waals surface area contributed by atoms with Gasteiger partial charge in [0, 0.05) is 35.4 Å². The third-order valence-electron chi connectivity index (χ3n) is 2.37. The van der Waals surface area contributed by atoms with Crippen molar-refractivity contribution in [3.05, 3.63) is 11.9 Å². The third kappa shape index (κ3) is 4.23. The Kier molecular flexibility index (Phi) is 6.00. The Morgan fingerprint density at radius 2 is 1.89 bits per heavy atom. The number of nitrogens with zero attached hydrogens (tertiary/aromatic N) is 2. The van der Waals surface area contributed by atoms with Crippen molar-refractivity contribution in [2.45, 2.75) is 19.5 Å². The molecule has 0 spiro atoms. The van der Waals surface area contributed by atoms with Crippen molar-refractivity contribution in [3.63, 3.8) is 0 Å². The van der Waals surface area contributed by atoms with Crippen LogP contribution in [0.2, 0.25) is 0 Å². The van der Waals surface area contributed by atoms with E-state index in [1.165, 1.54) is 6.33 Å². The molecule has 2 unspecified atom stereocenters. The summed E-state index contributed by atoms with van der Waals surface area (Å²) in [6.45, 7) is 2.48. The van der Waals surface area contributed by atoms with Gasteiger partial charge >= 0.3 is 0 Å². The van der Waals surface area contributed by atoms with Crippen LogP contribution in [0.25, 0.3) is 0 Å². The zero-order valence-corrected chi connectivity index (χ0v) is 11.9. The van der Waals surface area contributed by atoms with Crippen LogP contribution in [-0.2, 0) is 17.3 Å². The van der Waals surface area contributed by atoms with Crippen LogP contribution < -0.4 is 14.8 Å². The molecule has 0 aliphatic rings. The van der Waals surface area contributed by atoms with E-state index in [1.54, 1.807) is 20.5 Å². The third-order valence-corrected chi connectivity index (χ3v) is 3.33. The molecule has 0 bridgehead atoms. The van der Waals surface area contributed by atoms with E-state index in [0.717, 1.165) is 5.56 Å². The first-order valence-corrected chi connectivity index (χ1v) is 7.26. The van der Waals surface area contributed by atoms with Gasteiger partial charge in [0.25, 0.3) is 0 Å². The first kappa shape index (κ1) is 14.8. The average Bonchev–Trinajstić information content (AvgIpc) is 2.34. The van der Waals surface area contributed by atoms with Crippen LogP contribution >= 0.6 is 0 Å². The largest absolute Gasteiger partial charge is 0.481 e. The lowest BCUT2D eigenvalue weighted by Gasteiger charge is -2.15. The summed E-state index contributed by atoms with van der Waals surface area (Å²) in [5.74, 6) is 1.57. The molecule has 0 saturated carbocycles. The van der Waals surface area contributed by atoms with Crippen LogP contribution in [0.15, 0.2) is 6.33 Å². The van der Waals surface area contributed by atoms with Crippen molar-refractivity contribution in [1.82, 2.24) is 15.3 Å². The Morgan fingerprint density at radius 1 is 1.33 bits per heavy atom.